The summed E-state index contributed by atoms with van der Waals surface area (Å²) in [6.45, 7) is 1.76. The van der Waals surface area contributed by atoms with Gasteiger partial charge in [0.1, 0.15) is 12.0 Å². The minimum atomic E-state index is 0.0915. The van der Waals surface area contributed by atoms with E-state index in [1.807, 2.05) is 12.1 Å². The van der Waals surface area contributed by atoms with Crippen LogP contribution in [0.15, 0.2) is 22.8 Å². The van der Waals surface area contributed by atoms with Gasteiger partial charge >= 0.3 is 0 Å². The Balaban J connectivity index is 1.98. The van der Waals surface area contributed by atoms with Gasteiger partial charge in [0, 0.05) is 0 Å². The first kappa shape index (κ1) is 9.46. The Morgan fingerprint density at radius 2 is 2.50 bits per heavy atom. The van der Waals surface area contributed by atoms with Crippen molar-refractivity contribution in [1.82, 2.24) is 4.90 Å². The molecule has 2 rings (SSSR count). The lowest BCUT2D eigenvalue weighted by molar-refractivity contribution is -0.113. The smallest absolute Gasteiger partial charge is 0.137 e. The van der Waals surface area contributed by atoms with Crippen LogP contribution in [0.2, 0.25) is 0 Å². The fourth-order valence-electron chi connectivity index (χ4n) is 1.97. The van der Waals surface area contributed by atoms with Crippen molar-refractivity contribution < 1.29 is 9.21 Å². The second kappa shape index (κ2) is 4.42. The zero-order valence-corrected chi connectivity index (χ0v) is 8.19. The number of carbonyl (C=O) groups excluding carboxylic acids is 1. The maximum absolute atomic E-state index is 10.8. The summed E-state index contributed by atoms with van der Waals surface area (Å²) < 4.78 is 5.27. The van der Waals surface area contributed by atoms with Crippen LogP contribution in [0.25, 0.3) is 0 Å². The SMILES string of the molecule is O=CC1CCCCN1Cc1ccco1. The summed E-state index contributed by atoms with van der Waals surface area (Å²) in [5, 5.41) is 0. The fourth-order valence-corrected chi connectivity index (χ4v) is 1.97. The number of hydrogen-bond acceptors (Lipinski definition) is 3. The van der Waals surface area contributed by atoms with Gasteiger partial charge in [-0.1, -0.05) is 6.42 Å². The Morgan fingerprint density at radius 3 is 3.21 bits per heavy atom. The first-order valence-corrected chi connectivity index (χ1v) is 5.12. The van der Waals surface area contributed by atoms with E-state index < -0.39 is 0 Å². The first-order chi connectivity index (χ1) is 6.90. The van der Waals surface area contributed by atoms with Crippen molar-refractivity contribution in [2.24, 2.45) is 0 Å². The minimum Gasteiger partial charge on any atom is -0.468 e. The maximum atomic E-state index is 10.8. The van der Waals surface area contributed by atoms with Crippen LogP contribution in [-0.4, -0.2) is 23.8 Å². The standard InChI is InChI=1S/C11H15NO2/c13-9-10-4-1-2-6-12(10)8-11-5-3-7-14-11/h3,5,7,9-10H,1-2,4,6,8H2. The normalized spacial score (nSPS) is 23.6. The van der Waals surface area contributed by atoms with Crippen LogP contribution in [0, 0.1) is 0 Å². The molecule has 0 bridgehead atoms. The van der Waals surface area contributed by atoms with Crippen molar-refractivity contribution in [3.63, 3.8) is 0 Å². The van der Waals surface area contributed by atoms with Gasteiger partial charge in [-0.25, -0.2) is 0 Å². The van der Waals surface area contributed by atoms with Gasteiger partial charge in [0.05, 0.1) is 18.8 Å². The molecule has 1 unspecified atom stereocenters. The van der Waals surface area contributed by atoms with Crippen molar-refractivity contribution in [3.05, 3.63) is 24.2 Å². The summed E-state index contributed by atoms with van der Waals surface area (Å²) >= 11 is 0. The molecule has 1 saturated heterocycles. The monoisotopic (exact) mass is 193 g/mol. The molecular weight excluding hydrogens is 178 g/mol. The lowest BCUT2D eigenvalue weighted by atomic mass is 10.0. The second-order valence-electron chi connectivity index (χ2n) is 3.75. The number of piperidine rings is 1. The third-order valence-electron chi connectivity index (χ3n) is 2.76. The number of nitrogens with zero attached hydrogens (tertiary/aromatic N) is 1. The average Bonchev–Trinajstić information content (AvgIpc) is 2.71. The number of carbonyl (C=O) groups is 1. The Kier molecular flexibility index (Phi) is 2.99. The number of aldehydes is 1. The molecule has 2 heterocycles. The van der Waals surface area contributed by atoms with E-state index in [0.29, 0.717) is 0 Å². The molecule has 0 radical (unpaired) electrons. The van der Waals surface area contributed by atoms with Crippen LogP contribution in [-0.2, 0) is 11.3 Å². The minimum absolute atomic E-state index is 0.0915. The fraction of sp³-hybridized carbons (Fsp3) is 0.545. The van der Waals surface area contributed by atoms with Crippen LogP contribution >= 0.6 is 0 Å². The number of rotatable bonds is 3. The van der Waals surface area contributed by atoms with Crippen molar-refractivity contribution >= 4 is 6.29 Å². The topological polar surface area (TPSA) is 33.5 Å². The largest absolute Gasteiger partial charge is 0.468 e. The van der Waals surface area contributed by atoms with Crippen molar-refractivity contribution in [2.75, 3.05) is 6.54 Å². The van der Waals surface area contributed by atoms with Crippen LogP contribution in [0.1, 0.15) is 25.0 Å². The van der Waals surface area contributed by atoms with Crippen LogP contribution < -0.4 is 0 Å². The van der Waals surface area contributed by atoms with Gasteiger partial charge in [0.15, 0.2) is 0 Å². The summed E-state index contributed by atoms with van der Waals surface area (Å²) in [6, 6.07) is 3.93. The first-order valence-electron chi connectivity index (χ1n) is 5.12. The highest BCUT2D eigenvalue weighted by atomic mass is 16.3. The molecule has 0 aromatic carbocycles. The molecule has 0 N–H and O–H groups in total. The highest BCUT2D eigenvalue weighted by molar-refractivity contribution is 5.57. The number of furan rings is 1. The lowest BCUT2D eigenvalue weighted by Gasteiger charge is -2.31. The molecule has 1 atom stereocenters. The molecule has 1 aromatic rings. The lowest BCUT2D eigenvalue weighted by Crippen LogP contribution is -2.39. The van der Waals surface area contributed by atoms with Crippen molar-refractivity contribution in [2.45, 2.75) is 31.8 Å². The molecular formula is C11H15NO2. The van der Waals surface area contributed by atoms with E-state index in [2.05, 4.69) is 4.90 Å². The predicted molar refractivity (Wildman–Crippen MR) is 52.8 cm³/mol. The molecule has 1 fully saturated rings. The zero-order valence-electron chi connectivity index (χ0n) is 8.19. The third kappa shape index (κ3) is 2.04. The molecule has 14 heavy (non-hydrogen) atoms. The molecule has 1 aromatic heterocycles. The van der Waals surface area contributed by atoms with Crippen molar-refractivity contribution in [3.8, 4) is 0 Å². The van der Waals surface area contributed by atoms with E-state index in [1.54, 1.807) is 6.26 Å². The van der Waals surface area contributed by atoms with E-state index in [4.69, 9.17) is 4.42 Å². The van der Waals surface area contributed by atoms with E-state index in [9.17, 15) is 4.79 Å². The van der Waals surface area contributed by atoms with Crippen LogP contribution in [0.3, 0.4) is 0 Å². The second-order valence-corrected chi connectivity index (χ2v) is 3.75. The molecule has 3 heteroatoms. The highest BCUT2D eigenvalue weighted by Gasteiger charge is 2.22. The number of hydrogen-bond donors (Lipinski definition) is 0. The van der Waals surface area contributed by atoms with Gasteiger partial charge in [-0.15, -0.1) is 0 Å². The van der Waals surface area contributed by atoms with Gasteiger partial charge in [0.2, 0.25) is 0 Å². The van der Waals surface area contributed by atoms with Crippen LogP contribution in [0.4, 0.5) is 0 Å². The average molecular weight is 193 g/mol. The molecule has 1 aliphatic rings. The van der Waals surface area contributed by atoms with Gasteiger partial charge in [0.25, 0.3) is 0 Å². The quantitative estimate of drug-likeness (QED) is 0.687. The summed E-state index contributed by atoms with van der Waals surface area (Å²) in [4.78, 5) is 13.0. The van der Waals surface area contributed by atoms with Gasteiger partial charge in [-0.3, -0.25) is 4.90 Å². The van der Waals surface area contributed by atoms with Gasteiger partial charge in [-0.2, -0.15) is 0 Å². The molecule has 0 saturated carbocycles. The predicted octanol–water partition coefficient (Wildman–Crippen LogP) is 1.83. The third-order valence-corrected chi connectivity index (χ3v) is 2.76. The molecule has 3 nitrogen and oxygen atoms in total. The molecule has 76 valence electrons. The Morgan fingerprint density at radius 1 is 1.57 bits per heavy atom. The van der Waals surface area contributed by atoms with Gasteiger partial charge < -0.3 is 9.21 Å². The van der Waals surface area contributed by atoms with Crippen molar-refractivity contribution in [1.29, 1.82) is 0 Å². The molecule has 0 aliphatic carbocycles. The van der Waals surface area contributed by atoms with E-state index >= 15 is 0 Å². The molecule has 0 spiro atoms. The molecule has 0 amide bonds. The van der Waals surface area contributed by atoms with E-state index in [-0.39, 0.29) is 6.04 Å². The number of likely N-dealkylation sites (tertiary alicyclic amines) is 1. The Labute approximate surface area is 83.7 Å². The van der Waals surface area contributed by atoms with E-state index in [0.717, 1.165) is 38.0 Å². The zero-order chi connectivity index (χ0) is 9.80. The highest BCUT2D eigenvalue weighted by Crippen LogP contribution is 2.18. The Bertz CT molecular complexity index is 281. The van der Waals surface area contributed by atoms with Gasteiger partial charge in [-0.05, 0) is 31.5 Å². The summed E-state index contributed by atoms with van der Waals surface area (Å²) in [5.74, 6) is 0.943. The Hall–Kier alpha value is -1.09. The maximum Gasteiger partial charge on any atom is 0.137 e. The summed E-state index contributed by atoms with van der Waals surface area (Å²) in [5.41, 5.74) is 0. The summed E-state index contributed by atoms with van der Waals surface area (Å²) in [7, 11) is 0. The summed E-state index contributed by atoms with van der Waals surface area (Å²) in [6.07, 6.45) is 6.07. The molecule has 1 aliphatic heterocycles. The van der Waals surface area contributed by atoms with Crippen LogP contribution in [0.5, 0.6) is 0 Å². The van der Waals surface area contributed by atoms with E-state index in [1.165, 1.54) is 6.42 Å².